The van der Waals surface area contributed by atoms with E-state index in [9.17, 15) is 13.2 Å². The fourth-order valence-electron chi connectivity index (χ4n) is 3.63. The molecule has 126 valence electrons. The van der Waals surface area contributed by atoms with Crippen LogP contribution >= 0.6 is 0 Å². The van der Waals surface area contributed by atoms with Crippen molar-refractivity contribution in [2.24, 2.45) is 0 Å². The summed E-state index contributed by atoms with van der Waals surface area (Å²) in [6.45, 7) is 1.61. The van der Waals surface area contributed by atoms with Crippen LogP contribution in [0, 0.1) is 0 Å². The van der Waals surface area contributed by atoms with E-state index in [-0.39, 0.29) is 11.2 Å². The molecule has 2 aliphatic rings. The molecule has 1 aliphatic carbocycles. The maximum Gasteiger partial charge on any atom is 0.253 e. The summed E-state index contributed by atoms with van der Waals surface area (Å²) in [7, 11) is -3.24. The number of nitrogens with zero attached hydrogens (tertiary/aromatic N) is 1. The van der Waals surface area contributed by atoms with Crippen LogP contribution in [-0.2, 0) is 9.84 Å². The van der Waals surface area contributed by atoms with E-state index < -0.39 is 9.84 Å². The molecular formula is C18H25NO3S. The number of rotatable bonds is 3. The molecule has 1 aromatic rings. The number of amides is 1. The first-order valence-corrected chi connectivity index (χ1v) is 10.3. The van der Waals surface area contributed by atoms with Gasteiger partial charge in [0, 0.05) is 18.7 Å². The molecular weight excluding hydrogens is 310 g/mol. The van der Waals surface area contributed by atoms with Gasteiger partial charge in [0.15, 0.2) is 9.84 Å². The zero-order valence-corrected chi connectivity index (χ0v) is 14.4. The molecule has 0 unspecified atom stereocenters. The summed E-state index contributed by atoms with van der Waals surface area (Å²) >= 11 is 0. The molecule has 5 heteroatoms. The largest absolute Gasteiger partial charge is 0.339 e. The number of carbonyl (C=O) groups excluding carboxylic acids is 1. The Bertz CT molecular complexity index is 637. The Morgan fingerprint density at radius 1 is 0.870 bits per heavy atom. The zero-order valence-electron chi connectivity index (χ0n) is 13.5. The van der Waals surface area contributed by atoms with Crippen molar-refractivity contribution in [3.05, 3.63) is 29.8 Å². The van der Waals surface area contributed by atoms with Gasteiger partial charge in [0.1, 0.15) is 0 Å². The lowest BCUT2D eigenvalue weighted by molar-refractivity contribution is 0.0761. The number of hydrogen-bond acceptors (Lipinski definition) is 3. The molecule has 0 atom stereocenters. The van der Waals surface area contributed by atoms with Crippen LogP contribution in [0.25, 0.3) is 0 Å². The average molecular weight is 335 g/mol. The second-order valence-corrected chi connectivity index (χ2v) is 8.91. The number of hydrogen-bond donors (Lipinski definition) is 0. The molecule has 4 nitrogen and oxygen atoms in total. The van der Waals surface area contributed by atoms with Crippen LogP contribution in [0.15, 0.2) is 29.2 Å². The first-order valence-electron chi connectivity index (χ1n) is 8.72. The van der Waals surface area contributed by atoms with E-state index in [1.165, 1.54) is 12.8 Å². The van der Waals surface area contributed by atoms with Gasteiger partial charge in [-0.15, -0.1) is 0 Å². The van der Waals surface area contributed by atoms with E-state index in [0.29, 0.717) is 10.5 Å². The van der Waals surface area contributed by atoms with Gasteiger partial charge in [-0.25, -0.2) is 8.42 Å². The van der Waals surface area contributed by atoms with Crippen molar-refractivity contribution in [1.29, 1.82) is 0 Å². The molecule has 0 aromatic heterocycles. The van der Waals surface area contributed by atoms with Crippen molar-refractivity contribution < 1.29 is 13.2 Å². The molecule has 1 saturated heterocycles. The minimum absolute atomic E-state index is 0.0247. The SMILES string of the molecule is O=C(c1ccc(S(=O)(=O)C2CCCC2)cc1)N1CCCCCC1. The molecule has 1 aliphatic heterocycles. The van der Waals surface area contributed by atoms with Gasteiger partial charge in [-0.2, -0.15) is 0 Å². The number of carbonyl (C=O) groups is 1. The molecule has 0 spiro atoms. The van der Waals surface area contributed by atoms with Gasteiger partial charge in [-0.05, 0) is 49.9 Å². The van der Waals surface area contributed by atoms with Crippen molar-refractivity contribution in [3.8, 4) is 0 Å². The van der Waals surface area contributed by atoms with Crippen LogP contribution in [0.4, 0.5) is 0 Å². The molecule has 2 fully saturated rings. The van der Waals surface area contributed by atoms with E-state index in [2.05, 4.69) is 0 Å². The maximum absolute atomic E-state index is 12.6. The second kappa shape index (κ2) is 7.04. The second-order valence-electron chi connectivity index (χ2n) is 6.68. The fourth-order valence-corrected chi connectivity index (χ4v) is 5.49. The van der Waals surface area contributed by atoms with Gasteiger partial charge in [0.25, 0.3) is 5.91 Å². The fraction of sp³-hybridized carbons (Fsp3) is 0.611. The Labute approximate surface area is 138 Å². The van der Waals surface area contributed by atoms with Crippen LogP contribution in [0.1, 0.15) is 61.7 Å². The summed E-state index contributed by atoms with van der Waals surface area (Å²) in [6, 6.07) is 6.57. The van der Waals surface area contributed by atoms with Crippen LogP contribution < -0.4 is 0 Å². The third-order valence-electron chi connectivity index (χ3n) is 5.06. The Morgan fingerprint density at radius 3 is 2.00 bits per heavy atom. The molecule has 0 bridgehead atoms. The molecule has 0 radical (unpaired) electrons. The summed E-state index contributed by atoms with van der Waals surface area (Å²) in [6.07, 6.45) is 7.99. The quantitative estimate of drug-likeness (QED) is 0.850. The van der Waals surface area contributed by atoms with Crippen LogP contribution in [0.2, 0.25) is 0 Å². The minimum Gasteiger partial charge on any atom is -0.339 e. The van der Waals surface area contributed by atoms with Crippen molar-refractivity contribution in [3.63, 3.8) is 0 Å². The highest BCUT2D eigenvalue weighted by Crippen LogP contribution is 2.29. The van der Waals surface area contributed by atoms with Gasteiger partial charge in [0.2, 0.25) is 0 Å². The predicted octanol–water partition coefficient (Wildman–Crippen LogP) is 3.42. The topological polar surface area (TPSA) is 54.5 Å². The van der Waals surface area contributed by atoms with Gasteiger partial charge in [-0.3, -0.25) is 4.79 Å². The number of benzene rings is 1. The molecule has 1 aromatic carbocycles. The summed E-state index contributed by atoms with van der Waals surface area (Å²) in [5.41, 5.74) is 0.595. The molecule has 0 N–H and O–H groups in total. The van der Waals surface area contributed by atoms with E-state index in [1.54, 1.807) is 24.3 Å². The van der Waals surface area contributed by atoms with Gasteiger partial charge in [-0.1, -0.05) is 25.7 Å². The first-order chi connectivity index (χ1) is 11.1. The summed E-state index contributed by atoms with van der Waals surface area (Å²) in [4.78, 5) is 14.8. The average Bonchev–Trinajstić information content (AvgIpc) is 2.98. The highest BCUT2D eigenvalue weighted by molar-refractivity contribution is 7.92. The Hall–Kier alpha value is -1.36. The molecule has 1 heterocycles. The minimum atomic E-state index is -3.24. The first kappa shape index (κ1) is 16.5. The van der Waals surface area contributed by atoms with E-state index in [4.69, 9.17) is 0 Å². The predicted molar refractivity (Wildman–Crippen MR) is 90.3 cm³/mol. The lowest BCUT2D eigenvalue weighted by Crippen LogP contribution is -2.31. The number of sulfone groups is 1. The normalized spacial score (nSPS) is 20.4. The van der Waals surface area contributed by atoms with E-state index >= 15 is 0 Å². The lowest BCUT2D eigenvalue weighted by atomic mass is 10.2. The van der Waals surface area contributed by atoms with Crippen molar-refractivity contribution >= 4 is 15.7 Å². The van der Waals surface area contributed by atoms with Crippen molar-refractivity contribution in [2.45, 2.75) is 61.5 Å². The number of likely N-dealkylation sites (tertiary alicyclic amines) is 1. The summed E-state index contributed by atoms with van der Waals surface area (Å²) in [5, 5.41) is -0.241. The standard InChI is InChI=1S/C18H25NO3S/c20-18(19-13-5-1-2-6-14-19)15-9-11-17(12-10-15)23(21,22)16-7-3-4-8-16/h9-12,16H,1-8,13-14H2. The van der Waals surface area contributed by atoms with Gasteiger partial charge < -0.3 is 4.90 Å². The molecule has 3 rings (SSSR count). The Balaban J connectivity index is 1.75. The maximum atomic E-state index is 12.6. The molecule has 23 heavy (non-hydrogen) atoms. The van der Waals surface area contributed by atoms with Crippen LogP contribution in [0.3, 0.4) is 0 Å². The molecule has 1 amide bonds. The highest BCUT2D eigenvalue weighted by Gasteiger charge is 2.30. The third-order valence-corrected chi connectivity index (χ3v) is 7.34. The monoisotopic (exact) mass is 335 g/mol. The zero-order chi connectivity index (χ0) is 16.3. The molecule has 1 saturated carbocycles. The van der Waals surface area contributed by atoms with Crippen LogP contribution in [0.5, 0.6) is 0 Å². The third kappa shape index (κ3) is 3.60. The van der Waals surface area contributed by atoms with Crippen LogP contribution in [-0.4, -0.2) is 37.6 Å². The Morgan fingerprint density at radius 2 is 1.43 bits per heavy atom. The van der Waals surface area contributed by atoms with E-state index in [0.717, 1.165) is 51.6 Å². The van der Waals surface area contributed by atoms with Crippen molar-refractivity contribution in [1.82, 2.24) is 4.90 Å². The lowest BCUT2D eigenvalue weighted by Gasteiger charge is -2.20. The smallest absolute Gasteiger partial charge is 0.253 e. The summed E-state index contributed by atoms with van der Waals surface area (Å²) < 4.78 is 25.1. The Kier molecular flexibility index (Phi) is 5.05. The highest BCUT2D eigenvalue weighted by atomic mass is 32.2. The van der Waals surface area contributed by atoms with Gasteiger partial charge in [0.05, 0.1) is 10.1 Å². The van der Waals surface area contributed by atoms with E-state index in [1.807, 2.05) is 4.90 Å². The van der Waals surface area contributed by atoms with Crippen molar-refractivity contribution in [2.75, 3.05) is 13.1 Å². The van der Waals surface area contributed by atoms with Gasteiger partial charge >= 0.3 is 0 Å². The summed E-state index contributed by atoms with van der Waals surface area (Å²) in [5.74, 6) is 0.0247.